The summed E-state index contributed by atoms with van der Waals surface area (Å²) in [5.74, 6) is -0.340. The number of anilines is 1. The molecular formula is C22H25N5O2. The molecule has 0 aliphatic carbocycles. The first kappa shape index (κ1) is 19.1. The quantitative estimate of drug-likeness (QED) is 0.810. The largest absolute Gasteiger partial charge is 0.348 e. The van der Waals surface area contributed by atoms with E-state index in [0.29, 0.717) is 12.2 Å². The van der Waals surface area contributed by atoms with E-state index in [0.717, 1.165) is 26.1 Å². The van der Waals surface area contributed by atoms with E-state index in [1.807, 2.05) is 30.3 Å². The van der Waals surface area contributed by atoms with Crippen LogP contribution in [0, 0.1) is 0 Å². The fourth-order valence-corrected chi connectivity index (χ4v) is 3.66. The Bertz CT molecular complexity index is 928. The number of nitrogens with one attached hydrogen (secondary N) is 2. The Morgan fingerprint density at radius 1 is 1.14 bits per heavy atom. The van der Waals surface area contributed by atoms with Gasteiger partial charge in [-0.15, -0.1) is 0 Å². The highest BCUT2D eigenvalue weighted by Crippen LogP contribution is 2.18. The Morgan fingerprint density at radius 2 is 1.86 bits per heavy atom. The third kappa shape index (κ3) is 4.30. The molecule has 7 nitrogen and oxygen atoms in total. The second-order valence-electron chi connectivity index (χ2n) is 7.33. The number of carbonyl (C=O) groups is 2. The molecule has 1 atom stereocenters. The van der Waals surface area contributed by atoms with Gasteiger partial charge < -0.3 is 5.32 Å². The van der Waals surface area contributed by atoms with Crippen LogP contribution in [0.15, 0.2) is 59.6 Å². The average molecular weight is 391 g/mol. The normalized spacial score (nSPS) is 19.2. The van der Waals surface area contributed by atoms with Crippen LogP contribution in [0.2, 0.25) is 0 Å². The fraction of sp³-hybridized carbons (Fsp3) is 0.318. The molecule has 2 aliphatic rings. The minimum atomic E-state index is -0.615. The van der Waals surface area contributed by atoms with E-state index in [1.165, 1.54) is 16.1 Å². The van der Waals surface area contributed by atoms with Crippen molar-refractivity contribution >= 4 is 23.3 Å². The van der Waals surface area contributed by atoms with Crippen molar-refractivity contribution in [1.29, 1.82) is 0 Å². The summed E-state index contributed by atoms with van der Waals surface area (Å²) < 4.78 is 0. The first-order valence-corrected chi connectivity index (χ1v) is 9.92. The summed E-state index contributed by atoms with van der Waals surface area (Å²) in [6, 6.07) is 17.1. The van der Waals surface area contributed by atoms with E-state index >= 15 is 0 Å². The lowest BCUT2D eigenvalue weighted by Gasteiger charge is -2.31. The van der Waals surface area contributed by atoms with Crippen molar-refractivity contribution in [1.82, 2.24) is 15.6 Å². The van der Waals surface area contributed by atoms with Crippen molar-refractivity contribution in [2.24, 2.45) is 4.99 Å². The Hall–Kier alpha value is -3.19. The van der Waals surface area contributed by atoms with E-state index in [2.05, 4.69) is 44.9 Å². The fourth-order valence-electron chi connectivity index (χ4n) is 3.66. The van der Waals surface area contributed by atoms with Crippen LogP contribution in [0.3, 0.4) is 0 Å². The second kappa shape index (κ2) is 8.45. The molecule has 4 rings (SSSR count). The first-order valence-electron chi connectivity index (χ1n) is 9.92. The molecule has 2 aliphatic heterocycles. The van der Waals surface area contributed by atoms with Crippen molar-refractivity contribution in [2.75, 3.05) is 24.6 Å². The van der Waals surface area contributed by atoms with Gasteiger partial charge in [-0.25, -0.2) is 10.0 Å². The molecular weight excluding hydrogens is 366 g/mol. The van der Waals surface area contributed by atoms with Crippen LogP contribution < -0.4 is 15.8 Å². The number of benzene rings is 2. The monoisotopic (exact) mass is 391 g/mol. The Morgan fingerprint density at radius 3 is 2.66 bits per heavy atom. The maximum Gasteiger partial charge on any atom is 0.288 e. The summed E-state index contributed by atoms with van der Waals surface area (Å²) in [5, 5.41) is 4.30. The molecule has 0 unspecified atom stereocenters. The minimum absolute atomic E-state index is 0.157. The third-order valence-electron chi connectivity index (χ3n) is 5.27. The molecule has 0 spiro atoms. The lowest BCUT2D eigenvalue weighted by atomic mass is 10.00. The number of carbonyl (C=O) groups excluding carboxylic acids is 2. The lowest BCUT2D eigenvalue weighted by molar-refractivity contribution is -0.120. The van der Waals surface area contributed by atoms with Crippen LogP contribution in [-0.4, -0.2) is 48.2 Å². The summed E-state index contributed by atoms with van der Waals surface area (Å²) in [4.78, 5) is 31.6. The molecule has 2 amide bonds. The van der Waals surface area contributed by atoms with E-state index in [1.54, 1.807) is 6.92 Å². The van der Waals surface area contributed by atoms with Crippen LogP contribution in [-0.2, 0) is 22.6 Å². The SMILES string of the molecule is C[C@H]1N=C(C(=O)NCCN2CCc3ccccc3C2)NN(c2ccccc2)C1=O. The third-order valence-corrected chi connectivity index (χ3v) is 5.27. The van der Waals surface area contributed by atoms with Gasteiger partial charge in [0.25, 0.3) is 11.8 Å². The number of hydrogen-bond donors (Lipinski definition) is 2. The Balaban J connectivity index is 1.33. The number of aliphatic imine (C=N–C) groups is 1. The smallest absolute Gasteiger partial charge is 0.288 e. The van der Waals surface area contributed by atoms with Gasteiger partial charge in [0.15, 0.2) is 0 Å². The van der Waals surface area contributed by atoms with Crippen LogP contribution in [0.5, 0.6) is 0 Å². The number of hydrogen-bond acceptors (Lipinski definition) is 5. The van der Waals surface area contributed by atoms with Crippen molar-refractivity contribution < 1.29 is 9.59 Å². The van der Waals surface area contributed by atoms with Crippen LogP contribution in [0.4, 0.5) is 5.69 Å². The van der Waals surface area contributed by atoms with Gasteiger partial charge in [-0.3, -0.25) is 19.9 Å². The van der Waals surface area contributed by atoms with Gasteiger partial charge in [0.2, 0.25) is 5.84 Å². The summed E-state index contributed by atoms with van der Waals surface area (Å²) in [6.07, 6.45) is 1.03. The highest BCUT2D eigenvalue weighted by atomic mass is 16.2. The highest BCUT2D eigenvalue weighted by Gasteiger charge is 2.30. The van der Waals surface area contributed by atoms with Gasteiger partial charge in [-0.1, -0.05) is 42.5 Å². The van der Waals surface area contributed by atoms with Crippen LogP contribution in [0.1, 0.15) is 18.1 Å². The summed E-state index contributed by atoms with van der Waals surface area (Å²) in [7, 11) is 0. The zero-order valence-electron chi connectivity index (χ0n) is 16.5. The van der Waals surface area contributed by atoms with Gasteiger partial charge in [0.05, 0.1) is 5.69 Å². The number of hydrazine groups is 1. The maximum absolute atomic E-state index is 12.6. The molecule has 0 aromatic heterocycles. The first-order chi connectivity index (χ1) is 14.1. The number of rotatable bonds is 5. The van der Waals surface area contributed by atoms with Crippen molar-refractivity contribution in [3.8, 4) is 0 Å². The number of amides is 2. The average Bonchev–Trinajstić information content (AvgIpc) is 2.76. The Labute approximate surface area is 170 Å². The minimum Gasteiger partial charge on any atom is -0.348 e. The van der Waals surface area contributed by atoms with Crippen LogP contribution >= 0.6 is 0 Å². The maximum atomic E-state index is 12.6. The van der Waals surface area contributed by atoms with Gasteiger partial charge in [-0.2, -0.15) is 0 Å². The van der Waals surface area contributed by atoms with Gasteiger partial charge >= 0.3 is 0 Å². The number of amidine groups is 1. The molecule has 0 radical (unpaired) electrons. The van der Waals surface area contributed by atoms with E-state index < -0.39 is 6.04 Å². The lowest BCUT2D eigenvalue weighted by Crippen LogP contribution is -2.58. The zero-order valence-corrected chi connectivity index (χ0v) is 16.5. The molecule has 29 heavy (non-hydrogen) atoms. The van der Waals surface area contributed by atoms with Gasteiger partial charge in [-0.05, 0) is 36.6 Å². The second-order valence-corrected chi connectivity index (χ2v) is 7.33. The molecule has 2 N–H and O–H groups in total. The molecule has 0 saturated carbocycles. The van der Waals surface area contributed by atoms with E-state index in [4.69, 9.17) is 0 Å². The van der Waals surface area contributed by atoms with E-state index in [9.17, 15) is 9.59 Å². The van der Waals surface area contributed by atoms with Gasteiger partial charge in [0.1, 0.15) is 6.04 Å². The molecule has 0 fully saturated rings. The van der Waals surface area contributed by atoms with Gasteiger partial charge in [0, 0.05) is 26.2 Å². The molecule has 0 saturated heterocycles. The predicted molar refractivity (Wildman–Crippen MR) is 112 cm³/mol. The molecule has 7 heteroatoms. The predicted octanol–water partition coefficient (Wildman–Crippen LogP) is 1.50. The van der Waals surface area contributed by atoms with Crippen molar-refractivity contribution in [3.05, 3.63) is 65.7 Å². The molecule has 150 valence electrons. The summed E-state index contributed by atoms with van der Waals surface area (Å²) in [6.45, 7) is 4.87. The highest BCUT2D eigenvalue weighted by molar-refractivity contribution is 6.39. The number of fused-ring (bicyclic) bond motifs is 1. The molecule has 2 aromatic carbocycles. The molecule has 2 heterocycles. The zero-order chi connectivity index (χ0) is 20.2. The van der Waals surface area contributed by atoms with E-state index in [-0.39, 0.29) is 17.6 Å². The molecule has 0 bridgehead atoms. The summed E-state index contributed by atoms with van der Waals surface area (Å²) >= 11 is 0. The van der Waals surface area contributed by atoms with Crippen molar-refractivity contribution in [2.45, 2.75) is 25.9 Å². The standard InChI is InChI=1S/C22H25N5O2/c1-16-22(29)27(19-9-3-2-4-10-19)25-20(24-16)21(28)23-12-14-26-13-11-17-7-5-6-8-18(17)15-26/h2-10,16H,11-15H2,1H3,(H,23,28)(H,24,25)/t16-/m1/s1. The number of para-hydroxylation sites is 1. The van der Waals surface area contributed by atoms with Crippen molar-refractivity contribution in [3.63, 3.8) is 0 Å². The van der Waals surface area contributed by atoms with Crippen LogP contribution in [0.25, 0.3) is 0 Å². The summed E-state index contributed by atoms with van der Waals surface area (Å²) in [5.41, 5.74) is 6.30. The Kier molecular flexibility index (Phi) is 5.57. The molecule has 2 aromatic rings. The topological polar surface area (TPSA) is 77.0 Å². The number of nitrogens with zero attached hydrogens (tertiary/aromatic N) is 3.